The summed E-state index contributed by atoms with van der Waals surface area (Å²) < 4.78 is 43.8. The molecule has 0 radical (unpaired) electrons. The number of aromatic nitrogens is 1. The molecule has 0 aliphatic carbocycles. The van der Waals surface area contributed by atoms with E-state index in [-0.39, 0.29) is 11.9 Å². The number of hydrogen-bond acceptors (Lipinski definition) is 3. The van der Waals surface area contributed by atoms with Crippen molar-refractivity contribution in [3.05, 3.63) is 59.7 Å². The number of anilines is 1. The van der Waals surface area contributed by atoms with Crippen LogP contribution in [0.5, 0.6) is 0 Å². The molecule has 8 heteroatoms. The van der Waals surface area contributed by atoms with Gasteiger partial charge in [-0.2, -0.15) is 13.2 Å². The molecule has 3 aromatic rings. The number of alkyl halides is 3. The van der Waals surface area contributed by atoms with E-state index in [1.165, 1.54) is 12.1 Å². The lowest BCUT2D eigenvalue weighted by Crippen LogP contribution is -2.41. The van der Waals surface area contributed by atoms with Crippen LogP contribution in [0.1, 0.15) is 24.0 Å². The molecular weight excluding hydrogens is 383 g/mol. The molecule has 1 saturated heterocycles. The minimum Gasteiger partial charge on any atom is -0.354 e. The van der Waals surface area contributed by atoms with Crippen molar-refractivity contribution < 1.29 is 22.5 Å². The van der Waals surface area contributed by atoms with Gasteiger partial charge in [0.15, 0.2) is 11.4 Å². The number of nitrogens with one attached hydrogen (secondary N) is 1. The third kappa shape index (κ3) is 4.36. The summed E-state index contributed by atoms with van der Waals surface area (Å²) in [6.07, 6.45) is -2.28. The third-order valence-electron chi connectivity index (χ3n) is 5.28. The molecule has 5 nitrogen and oxygen atoms in total. The highest BCUT2D eigenvalue weighted by atomic mass is 19.4. The number of fused-ring (bicyclic) bond motifs is 1. The SMILES string of the molecule is O=C(Nc1noc2ccccc12)N1CCC(Cc2cccc(C(F)(F)F)c2)CC1. The van der Waals surface area contributed by atoms with Crippen molar-refractivity contribution in [2.75, 3.05) is 18.4 Å². The number of likely N-dealkylation sites (tertiary alicyclic amines) is 1. The van der Waals surface area contributed by atoms with E-state index < -0.39 is 11.7 Å². The summed E-state index contributed by atoms with van der Waals surface area (Å²) in [6, 6.07) is 12.5. The molecule has 2 aromatic carbocycles. The van der Waals surface area contributed by atoms with Crippen LogP contribution in [0.15, 0.2) is 53.1 Å². The summed E-state index contributed by atoms with van der Waals surface area (Å²) in [5.41, 5.74) is 0.658. The topological polar surface area (TPSA) is 58.4 Å². The van der Waals surface area contributed by atoms with Crippen LogP contribution >= 0.6 is 0 Å². The van der Waals surface area contributed by atoms with Crippen LogP contribution in [0.4, 0.5) is 23.8 Å². The van der Waals surface area contributed by atoms with Gasteiger partial charge in [0, 0.05) is 13.1 Å². The van der Waals surface area contributed by atoms with E-state index in [0.29, 0.717) is 36.5 Å². The highest BCUT2D eigenvalue weighted by molar-refractivity contribution is 5.98. The van der Waals surface area contributed by atoms with Gasteiger partial charge in [0.2, 0.25) is 0 Å². The summed E-state index contributed by atoms with van der Waals surface area (Å²) in [7, 11) is 0. The standard InChI is InChI=1S/C21H20F3N3O2/c22-21(23,24)16-5-3-4-15(13-16)12-14-8-10-27(11-9-14)20(28)25-19-17-6-1-2-7-18(17)29-26-19/h1-7,13-14H,8-12H2,(H,25,26,28). The monoisotopic (exact) mass is 403 g/mol. The average molecular weight is 403 g/mol. The molecule has 29 heavy (non-hydrogen) atoms. The van der Waals surface area contributed by atoms with E-state index in [4.69, 9.17) is 4.52 Å². The van der Waals surface area contributed by atoms with Gasteiger partial charge >= 0.3 is 12.2 Å². The van der Waals surface area contributed by atoms with E-state index in [2.05, 4.69) is 10.5 Å². The third-order valence-corrected chi connectivity index (χ3v) is 5.28. The second-order valence-electron chi connectivity index (χ2n) is 7.29. The maximum atomic E-state index is 12.9. The number of benzene rings is 2. The summed E-state index contributed by atoms with van der Waals surface area (Å²) in [4.78, 5) is 14.2. The summed E-state index contributed by atoms with van der Waals surface area (Å²) in [6.45, 7) is 1.09. The van der Waals surface area contributed by atoms with Crippen molar-refractivity contribution in [1.82, 2.24) is 10.1 Å². The Morgan fingerprint density at radius 3 is 2.66 bits per heavy atom. The lowest BCUT2D eigenvalue weighted by Gasteiger charge is -2.32. The molecule has 4 rings (SSSR count). The van der Waals surface area contributed by atoms with Gasteiger partial charge in [-0.25, -0.2) is 4.79 Å². The molecule has 152 valence electrons. The van der Waals surface area contributed by atoms with E-state index in [1.54, 1.807) is 17.0 Å². The largest absolute Gasteiger partial charge is 0.416 e. The normalized spacial score (nSPS) is 15.6. The van der Waals surface area contributed by atoms with Crippen molar-refractivity contribution in [1.29, 1.82) is 0 Å². The average Bonchev–Trinajstić information content (AvgIpc) is 3.11. The van der Waals surface area contributed by atoms with E-state index in [1.807, 2.05) is 18.2 Å². The zero-order valence-electron chi connectivity index (χ0n) is 15.6. The second-order valence-corrected chi connectivity index (χ2v) is 7.29. The van der Waals surface area contributed by atoms with E-state index in [9.17, 15) is 18.0 Å². The molecule has 1 aliphatic heterocycles. The molecule has 0 saturated carbocycles. The molecule has 2 heterocycles. The minimum atomic E-state index is -4.33. The van der Waals surface area contributed by atoms with Gasteiger partial charge in [-0.3, -0.25) is 5.32 Å². The van der Waals surface area contributed by atoms with Gasteiger partial charge in [-0.1, -0.05) is 35.5 Å². The first-order chi connectivity index (χ1) is 13.9. The Hall–Kier alpha value is -3.03. The Bertz CT molecular complexity index is 1010. The van der Waals surface area contributed by atoms with Crippen molar-refractivity contribution in [2.24, 2.45) is 5.92 Å². The molecule has 0 bridgehead atoms. The maximum Gasteiger partial charge on any atom is 0.416 e. The molecule has 1 aliphatic rings. The molecule has 1 fully saturated rings. The Morgan fingerprint density at radius 2 is 1.90 bits per heavy atom. The highest BCUT2D eigenvalue weighted by Gasteiger charge is 2.31. The second kappa shape index (κ2) is 7.77. The molecule has 0 spiro atoms. The Labute approximate surface area is 165 Å². The fourth-order valence-electron chi connectivity index (χ4n) is 3.70. The number of rotatable bonds is 3. The van der Waals surface area contributed by atoms with Crippen molar-refractivity contribution >= 4 is 22.8 Å². The molecule has 1 aromatic heterocycles. The highest BCUT2D eigenvalue weighted by Crippen LogP contribution is 2.31. The maximum absolute atomic E-state index is 12.9. The van der Waals surface area contributed by atoms with Gasteiger partial charge in [0.1, 0.15) is 0 Å². The molecule has 2 amide bonds. The molecule has 1 N–H and O–H groups in total. The van der Waals surface area contributed by atoms with E-state index >= 15 is 0 Å². The summed E-state index contributed by atoms with van der Waals surface area (Å²) >= 11 is 0. The first kappa shape index (κ1) is 19.3. The van der Waals surface area contributed by atoms with Gasteiger partial charge in [0.25, 0.3) is 0 Å². The Balaban J connectivity index is 1.33. The van der Waals surface area contributed by atoms with Crippen molar-refractivity contribution in [2.45, 2.75) is 25.4 Å². The van der Waals surface area contributed by atoms with Crippen LogP contribution < -0.4 is 5.32 Å². The van der Waals surface area contributed by atoms with Gasteiger partial charge in [-0.15, -0.1) is 0 Å². The van der Waals surface area contributed by atoms with Crippen LogP contribution in [0.2, 0.25) is 0 Å². The minimum absolute atomic E-state index is 0.246. The van der Waals surface area contributed by atoms with Crippen LogP contribution in [0.3, 0.4) is 0 Å². The number of carbonyl (C=O) groups excluding carboxylic acids is 1. The first-order valence-electron chi connectivity index (χ1n) is 9.46. The van der Waals surface area contributed by atoms with Crippen LogP contribution in [0.25, 0.3) is 11.0 Å². The quantitative estimate of drug-likeness (QED) is 0.643. The number of para-hydroxylation sites is 1. The lowest BCUT2D eigenvalue weighted by molar-refractivity contribution is -0.137. The van der Waals surface area contributed by atoms with Gasteiger partial charge in [-0.05, 0) is 48.9 Å². The molecular formula is C21H20F3N3O2. The van der Waals surface area contributed by atoms with Gasteiger partial charge in [0.05, 0.1) is 10.9 Å². The zero-order valence-corrected chi connectivity index (χ0v) is 15.6. The van der Waals surface area contributed by atoms with Crippen molar-refractivity contribution in [3.63, 3.8) is 0 Å². The Morgan fingerprint density at radius 1 is 1.14 bits per heavy atom. The van der Waals surface area contributed by atoms with Crippen LogP contribution in [-0.4, -0.2) is 29.2 Å². The first-order valence-corrected chi connectivity index (χ1v) is 9.46. The number of amides is 2. The zero-order chi connectivity index (χ0) is 20.4. The molecule has 0 atom stereocenters. The summed E-state index contributed by atoms with van der Waals surface area (Å²) in [5.74, 6) is 0.632. The van der Waals surface area contributed by atoms with Crippen LogP contribution in [0, 0.1) is 5.92 Å². The number of urea groups is 1. The fraction of sp³-hybridized carbons (Fsp3) is 0.333. The predicted octanol–water partition coefficient (Wildman–Crippen LogP) is 5.33. The smallest absolute Gasteiger partial charge is 0.354 e. The number of hydrogen-bond donors (Lipinski definition) is 1. The van der Waals surface area contributed by atoms with Crippen LogP contribution in [-0.2, 0) is 12.6 Å². The number of piperidine rings is 1. The molecule has 0 unspecified atom stereocenters. The van der Waals surface area contributed by atoms with E-state index in [0.717, 1.165) is 24.3 Å². The van der Waals surface area contributed by atoms with Crippen molar-refractivity contribution in [3.8, 4) is 0 Å². The Kier molecular flexibility index (Phi) is 5.17. The summed E-state index contributed by atoms with van der Waals surface area (Å²) in [5, 5.41) is 7.42. The number of nitrogens with zero attached hydrogens (tertiary/aromatic N) is 2. The van der Waals surface area contributed by atoms with Gasteiger partial charge < -0.3 is 9.42 Å². The fourth-order valence-corrected chi connectivity index (χ4v) is 3.70. The number of halogens is 3. The number of carbonyl (C=O) groups is 1. The lowest BCUT2D eigenvalue weighted by atomic mass is 9.90. The predicted molar refractivity (Wildman–Crippen MR) is 102 cm³/mol.